The molecule has 0 aliphatic carbocycles. The number of rotatable bonds is 2. The minimum Gasteiger partial charge on any atom is -0.319 e. The molecule has 0 heterocycles. The molecule has 0 aromatic heterocycles. The highest BCUT2D eigenvalue weighted by molar-refractivity contribution is 6.31. The van der Waals surface area contributed by atoms with Crippen molar-refractivity contribution in [1.82, 2.24) is 0 Å². The maximum Gasteiger partial charge on any atom is 0.258 e. The van der Waals surface area contributed by atoms with Crippen molar-refractivity contribution >= 4 is 34.8 Å². The van der Waals surface area contributed by atoms with Gasteiger partial charge in [0.05, 0.1) is 11.3 Å². The fourth-order valence-electron chi connectivity index (χ4n) is 1.45. The van der Waals surface area contributed by atoms with Crippen molar-refractivity contribution < 1.29 is 13.6 Å². The monoisotopic (exact) mass is 301 g/mol. The van der Waals surface area contributed by atoms with Crippen molar-refractivity contribution in [1.29, 1.82) is 0 Å². The Kier molecular flexibility index (Phi) is 4.02. The van der Waals surface area contributed by atoms with E-state index in [1.807, 2.05) is 0 Å². The molecule has 0 fully saturated rings. The molecule has 2 rings (SSSR count). The molecular weight excluding hydrogens is 295 g/mol. The second-order valence-corrected chi connectivity index (χ2v) is 4.58. The number of hydrogen-bond acceptors (Lipinski definition) is 1. The van der Waals surface area contributed by atoms with Gasteiger partial charge in [-0.1, -0.05) is 23.2 Å². The van der Waals surface area contributed by atoms with E-state index in [4.69, 9.17) is 23.2 Å². The zero-order valence-corrected chi connectivity index (χ0v) is 10.9. The summed E-state index contributed by atoms with van der Waals surface area (Å²) in [6, 6.07) is 7.21. The van der Waals surface area contributed by atoms with E-state index in [0.29, 0.717) is 0 Å². The predicted molar refractivity (Wildman–Crippen MR) is 70.8 cm³/mol. The van der Waals surface area contributed by atoms with Gasteiger partial charge in [-0.2, -0.15) is 0 Å². The van der Waals surface area contributed by atoms with Crippen LogP contribution in [0, 0.1) is 11.6 Å². The summed E-state index contributed by atoms with van der Waals surface area (Å²) < 4.78 is 26.9. The molecule has 2 aromatic carbocycles. The molecule has 0 aliphatic heterocycles. The van der Waals surface area contributed by atoms with Crippen LogP contribution in [0.5, 0.6) is 0 Å². The van der Waals surface area contributed by atoms with E-state index < -0.39 is 17.5 Å². The minimum absolute atomic E-state index is 0.128. The van der Waals surface area contributed by atoms with Crippen molar-refractivity contribution in [2.45, 2.75) is 0 Å². The Morgan fingerprint density at radius 2 is 1.53 bits per heavy atom. The second-order valence-electron chi connectivity index (χ2n) is 3.70. The van der Waals surface area contributed by atoms with E-state index in [1.54, 1.807) is 0 Å². The first kappa shape index (κ1) is 13.8. The largest absolute Gasteiger partial charge is 0.319 e. The number of halogens is 4. The van der Waals surface area contributed by atoms with Gasteiger partial charge in [-0.05, 0) is 36.4 Å². The maximum absolute atomic E-state index is 13.5. The lowest BCUT2D eigenvalue weighted by molar-refractivity contribution is 0.102. The van der Waals surface area contributed by atoms with Crippen LogP contribution in [0.1, 0.15) is 10.4 Å². The summed E-state index contributed by atoms with van der Waals surface area (Å²) in [6.45, 7) is 0. The van der Waals surface area contributed by atoms with Gasteiger partial charge in [-0.15, -0.1) is 0 Å². The van der Waals surface area contributed by atoms with Crippen LogP contribution in [0.15, 0.2) is 36.4 Å². The molecule has 0 spiro atoms. The first-order chi connectivity index (χ1) is 8.97. The highest BCUT2D eigenvalue weighted by Crippen LogP contribution is 2.21. The molecule has 0 saturated carbocycles. The SMILES string of the molecule is O=C(Nc1cc(Cl)ccc1F)c1cc(Cl)ccc1F. The van der Waals surface area contributed by atoms with Crippen LogP contribution in [0.25, 0.3) is 0 Å². The van der Waals surface area contributed by atoms with Gasteiger partial charge in [0.1, 0.15) is 11.6 Å². The van der Waals surface area contributed by atoms with E-state index in [2.05, 4.69) is 5.32 Å². The summed E-state index contributed by atoms with van der Waals surface area (Å²) in [5.74, 6) is -2.22. The summed E-state index contributed by atoms with van der Waals surface area (Å²) in [5, 5.41) is 2.70. The Morgan fingerprint density at radius 3 is 2.21 bits per heavy atom. The van der Waals surface area contributed by atoms with Gasteiger partial charge in [0.15, 0.2) is 0 Å². The van der Waals surface area contributed by atoms with Crippen LogP contribution < -0.4 is 5.32 Å². The summed E-state index contributed by atoms with van der Waals surface area (Å²) >= 11 is 11.4. The van der Waals surface area contributed by atoms with E-state index in [0.717, 1.165) is 18.2 Å². The third-order valence-electron chi connectivity index (χ3n) is 2.35. The fraction of sp³-hybridized carbons (Fsp3) is 0. The van der Waals surface area contributed by atoms with Gasteiger partial charge < -0.3 is 5.32 Å². The van der Waals surface area contributed by atoms with Gasteiger partial charge in [0.2, 0.25) is 0 Å². The van der Waals surface area contributed by atoms with Crippen LogP contribution >= 0.6 is 23.2 Å². The van der Waals surface area contributed by atoms with Gasteiger partial charge in [0.25, 0.3) is 5.91 Å². The van der Waals surface area contributed by atoms with Crippen molar-refractivity contribution in [3.05, 3.63) is 63.6 Å². The zero-order chi connectivity index (χ0) is 14.0. The summed E-state index contributed by atoms with van der Waals surface area (Å²) in [7, 11) is 0. The predicted octanol–water partition coefficient (Wildman–Crippen LogP) is 4.52. The second kappa shape index (κ2) is 5.55. The topological polar surface area (TPSA) is 29.1 Å². The number of anilines is 1. The molecule has 98 valence electrons. The van der Waals surface area contributed by atoms with Crippen molar-refractivity contribution in [2.75, 3.05) is 5.32 Å². The lowest BCUT2D eigenvalue weighted by atomic mass is 10.2. The fourth-order valence-corrected chi connectivity index (χ4v) is 1.80. The average molecular weight is 302 g/mol. The van der Waals surface area contributed by atoms with Gasteiger partial charge in [-0.3, -0.25) is 4.79 Å². The van der Waals surface area contributed by atoms with E-state index >= 15 is 0 Å². The van der Waals surface area contributed by atoms with Gasteiger partial charge in [-0.25, -0.2) is 8.78 Å². The molecule has 1 N–H and O–H groups in total. The van der Waals surface area contributed by atoms with Crippen LogP contribution in [0.2, 0.25) is 10.0 Å². The van der Waals surface area contributed by atoms with E-state index in [9.17, 15) is 13.6 Å². The first-order valence-corrected chi connectivity index (χ1v) is 5.94. The Labute approximate surface area is 118 Å². The number of carbonyl (C=O) groups excluding carboxylic acids is 1. The number of nitrogens with one attached hydrogen (secondary N) is 1. The third kappa shape index (κ3) is 3.22. The molecule has 0 atom stereocenters. The van der Waals surface area contributed by atoms with Crippen LogP contribution in [-0.4, -0.2) is 5.91 Å². The Morgan fingerprint density at radius 1 is 0.947 bits per heavy atom. The summed E-state index contributed by atoms with van der Waals surface area (Å²) in [5.41, 5.74) is -0.399. The van der Waals surface area contributed by atoms with E-state index in [1.165, 1.54) is 18.2 Å². The molecule has 2 nitrogen and oxygen atoms in total. The van der Waals surface area contributed by atoms with Crippen LogP contribution in [0.4, 0.5) is 14.5 Å². The van der Waals surface area contributed by atoms with Gasteiger partial charge in [0, 0.05) is 10.0 Å². The molecular formula is C13H7Cl2F2NO. The Balaban J connectivity index is 2.30. The smallest absolute Gasteiger partial charge is 0.258 e. The normalized spacial score (nSPS) is 10.3. The molecule has 0 bridgehead atoms. The molecule has 0 saturated heterocycles. The number of benzene rings is 2. The van der Waals surface area contributed by atoms with Crippen LogP contribution in [-0.2, 0) is 0 Å². The summed E-state index contributed by atoms with van der Waals surface area (Å²) in [4.78, 5) is 11.8. The zero-order valence-electron chi connectivity index (χ0n) is 9.38. The lowest BCUT2D eigenvalue weighted by Gasteiger charge is -2.08. The van der Waals surface area contributed by atoms with Crippen molar-refractivity contribution in [2.24, 2.45) is 0 Å². The highest BCUT2D eigenvalue weighted by Gasteiger charge is 2.14. The van der Waals surface area contributed by atoms with Crippen molar-refractivity contribution in [3.63, 3.8) is 0 Å². The average Bonchev–Trinajstić information content (AvgIpc) is 2.36. The maximum atomic E-state index is 13.5. The van der Waals surface area contributed by atoms with Gasteiger partial charge >= 0.3 is 0 Å². The Hall–Kier alpha value is -1.65. The number of hydrogen-bond donors (Lipinski definition) is 1. The van der Waals surface area contributed by atoms with E-state index in [-0.39, 0.29) is 21.3 Å². The first-order valence-electron chi connectivity index (χ1n) is 5.19. The molecule has 6 heteroatoms. The Bertz CT molecular complexity index is 647. The molecule has 1 amide bonds. The third-order valence-corrected chi connectivity index (χ3v) is 2.82. The quantitative estimate of drug-likeness (QED) is 0.868. The van der Waals surface area contributed by atoms with Crippen molar-refractivity contribution in [3.8, 4) is 0 Å². The standard InChI is InChI=1S/C13H7Cl2F2NO/c14-7-1-3-10(16)9(5-7)13(19)18-12-6-8(15)2-4-11(12)17/h1-6H,(H,18,19). The number of carbonyl (C=O) groups is 1. The molecule has 0 aliphatic rings. The molecule has 2 aromatic rings. The molecule has 19 heavy (non-hydrogen) atoms. The number of amides is 1. The molecule has 0 radical (unpaired) electrons. The molecule has 0 unspecified atom stereocenters. The summed E-state index contributed by atoms with van der Waals surface area (Å²) in [6.07, 6.45) is 0. The van der Waals surface area contributed by atoms with Crippen LogP contribution in [0.3, 0.4) is 0 Å². The highest BCUT2D eigenvalue weighted by atomic mass is 35.5. The minimum atomic E-state index is -0.804. The lowest BCUT2D eigenvalue weighted by Crippen LogP contribution is -2.14.